The fourth-order valence-corrected chi connectivity index (χ4v) is 4.91. The average molecular weight is 415 g/mol. The minimum Gasteiger partial charge on any atom is -0.507 e. The monoisotopic (exact) mass is 414 g/mol. The van der Waals surface area contributed by atoms with E-state index < -0.39 is 0 Å². The molecule has 0 aliphatic carbocycles. The molecule has 0 bridgehead atoms. The summed E-state index contributed by atoms with van der Waals surface area (Å²) in [5.74, 6) is 0.323. The molecule has 1 aliphatic rings. The molecule has 1 N–H and O–H groups in total. The minimum absolute atomic E-state index is 0.132. The van der Waals surface area contributed by atoms with Crippen molar-refractivity contribution in [2.24, 2.45) is 4.99 Å². The van der Waals surface area contributed by atoms with Crippen molar-refractivity contribution in [2.45, 2.75) is 71.9 Å². The summed E-state index contributed by atoms with van der Waals surface area (Å²) < 4.78 is 0. The number of rotatable bonds is 3. The van der Waals surface area contributed by atoms with E-state index in [1.54, 1.807) is 0 Å². The molecule has 3 aromatic rings. The van der Waals surface area contributed by atoms with Crippen molar-refractivity contribution in [1.29, 1.82) is 0 Å². The van der Waals surface area contributed by atoms with Crippen LogP contribution in [0.15, 0.2) is 53.5 Å². The van der Waals surface area contributed by atoms with Crippen LogP contribution in [-0.2, 0) is 5.41 Å². The molecule has 0 aromatic heterocycles. The molecule has 4 rings (SSSR count). The number of hydrogen-bond acceptors (Lipinski definition) is 3. The predicted molar refractivity (Wildman–Crippen MR) is 133 cm³/mol. The van der Waals surface area contributed by atoms with E-state index in [1.165, 1.54) is 29.3 Å². The van der Waals surface area contributed by atoms with Gasteiger partial charge in [0, 0.05) is 40.5 Å². The number of anilines is 1. The molecule has 0 spiro atoms. The molecule has 31 heavy (non-hydrogen) atoms. The molecule has 0 unspecified atom stereocenters. The van der Waals surface area contributed by atoms with Gasteiger partial charge in [-0.15, -0.1) is 0 Å². The number of nitrogens with zero attached hydrogens (tertiary/aromatic N) is 2. The second kappa shape index (κ2) is 8.03. The number of aromatic hydroxyl groups is 1. The number of phenolic OH excluding ortho intramolecular Hbond substituents is 1. The van der Waals surface area contributed by atoms with Gasteiger partial charge < -0.3 is 10.0 Å². The first-order chi connectivity index (χ1) is 14.7. The Balaban J connectivity index is 1.84. The van der Waals surface area contributed by atoms with Crippen molar-refractivity contribution in [3.8, 4) is 5.75 Å². The highest BCUT2D eigenvalue weighted by molar-refractivity contribution is 6.04. The SMILES string of the molecule is Cc1cc(C=Nc2cccc3cccc(N4[C@H](C)CC[C@H]4C)c23)c(O)c(C(C)(C)C)c1. The van der Waals surface area contributed by atoms with Gasteiger partial charge in [-0.1, -0.05) is 51.1 Å². The fraction of sp³-hybridized carbons (Fsp3) is 0.393. The van der Waals surface area contributed by atoms with Gasteiger partial charge in [0.1, 0.15) is 5.75 Å². The Bertz CT molecular complexity index is 1120. The van der Waals surface area contributed by atoms with Crippen LogP contribution in [0.25, 0.3) is 10.8 Å². The maximum atomic E-state index is 10.9. The van der Waals surface area contributed by atoms with Crippen LogP contribution in [0.4, 0.5) is 11.4 Å². The van der Waals surface area contributed by atoms with E-state index in [0.29, 0.717) is 17.8 Å². The predicted octanol–water partition coefficient (Wildman–Crippen LogP) is 7.28. The highest BCUT2D eigenvalue weighted by Gasteiger charge is 2.29. The lowest BCUT2D eigenvalue weighted by molar-refractivity contribution is 0.445. The zero-order chi connectivity index (χ0) is 22.3. The summed E-state index contributed by atoms with van der Waals surface area (Å²) >= 11 is 0. The van der Waals surface area contributed by atoms with E-state index in [1.807, 2.05) is 12.3 Å². The lowest BCUT2D eigenvalue weighted by Gasteiger charge is -2.30. The zero-order valence-corrected chi connectivity index (χ0v) is 19.6. The molecule has 1 saturated heterocycles. The van der Waals surface area contributed by atoms with Crippen molar-refractivity contribution in [3.63, 3.8) is 0 Å². The third-order valence-corrected chi connectivity index (χ3v) is 6.53. The van der Waals surface area contributed by atoms with Gasteiger partial charge >= 0.3 is 0 Å². The lowest BCUT2D eigenvalue weighted by Crippen LogP contribution is -2.32. The summed E-state index contributed by atoms with van der Waals surface area (Å²) in [5, 5.41) is 13.3. The van der Waals surface area contributed by atoms with Crippen molar-refractivity contribution < 1.29 is 5.11 Å². The highest BCUT2D eigenvalue weighted by Crippen LogP contribution is 2.40. The molecule has 0 amide bonds. The number of aryl methyl sites for hydroxylation is 1. The van der Waals surface area contributed by atoms with Crippen LogP contribution >= 0.6 is 0 Å². The Morgan fingerprint density at radius 1 is 1.00 bits per heavy atom. The standard InChI is InChI=1S/C28H34N2O/c1-18-15-22(27(31)23(16-18)28(4,5)6)17-29-24-11-7-9-21-10-8-12-25(26(21)24)30-19(2)13-14-20(30)3/h7-12,15-17,19-20,31H,13-14H2,1-6H3/t19-,20-/m1/s1. The smallest absolute Gasteiger partial charge is 0.128 e. The molecule has 3 aromatic carbocycles. The average Bonchev–Trinajstić information content (AvgIpc) is 3.05. The second-order valence-corrected chi connectivity index (χ2v) is 10.1. The quantitative estimate of drug-likeness (QED) is 0.457. The van der Waals surface area contributed by atoms with Crippen molar-refractivity contribution in [3.05, 3.63) is 65.2 Å². The summed E-state index contributed by atoms with van der Waals surface area (Å²) in [6.45, 7) is 13.1. The third-order valence-electron chi connectivity index (χ3n) is 6.53. The molecule has 0 radical (unpaired) electrons. The minimum atomic E-state index is -0.132. The Morgan fingerprint density at radius 3 is 2.29 bits per heavy atom. The first kappa shape index (κ1) is 21.4. The summed E-state index contributed by atoms with van der Waals surface area (Å²) in [7, 11) is 0. The molecule has 1 fully saturated rings. The zero-order valence-electron chi connectivity index (χ0n) is 19.6. The van der Waals surface area contributed by atoms with Gasteiger partial charge in [-0.05, 0) is 68.2 Å². The largest absolute Gasteiger partial charge is 0.507 e. The van der Waals surface area contributed by atoms with Gasteiger partial charge in [0.2, 0.25) is 0 Å². The van der Waals surface area contributed by atoms with Gasteiger partial charge in [0.05, 0.1) is 5.69 Å². The van der Waals surface area contributed by atoms with Crippen LogP contribution in [0.5, 0.6) is 5.75 Å². The van der Waals surface area contributed by atoms with E-state index in [9.17, 15) is 5.11 Å². The normalized spacial score (nSPS) is 19.6. The summed E-state index contributed by atoms with van der Waals surface area (Å²) in [6, 6.07) is 17.9. The fourth-order valence-electron chi connectivity index (χ4n) is 4.91. The molecule has 2 atom stereocenters. The van der Waals surface area contributed by atoms with Crippen LogP contribution in [-0.4, -0.2) is 23.4 Å². The number of fused-ring (bicyclic) bond motifs is 1. The van der Waals surface area contributed by atoms with Crippen LogP contribution in [0.3, 0.4) is 0 Å². The maximum absolute atomic E-state index is 10.9. The molecular weight excluding hydrogens is 380 g/mol. The van der Waals surface area contributed by atoms with E-state index in [2.05, 4.69) is 88.9 Å². The van der Waals surface area contributed by atoms with Gasteiger partial charge in [-0.2, -0.15) is 0 Å². The van der Waals surface area contributed by atoms with Crippen molar-refractivity contribution >= 4 is 28.4 Å². The Morgan fingerprint density at radius 2 is 1.65 bits per heavy atom. The van der Waals surface area contributed by atoms with Crippen LogP contribution in [0.2, 0.25) is 0 Å². The molecular formula is C28H34N2O. The van der Waals surface area contributed by atoms with Gasteiger partial charge in [-0.3, -0.25) is 4.99 Å². The van der Waals surface area contributed by atoms with Crippen LogP contribution in [0.1, 0.15) is 64.2 Å². The Hall–Kier alpha value is -2.81. The third kappa shape index (κ3) is 4.06. The number of benzene rings is 3. The van der Waals surface area contributed by atoms with Gasteiger partial charge in [-0.25, -0.2) is 0 Å². The highest BCUT2D eigenvalue weighted by atomic mass is 16.3. The first-order valence-electron chi connectivity index (χ1n) is 11.3. The van der Waals surface area contributed by atoms with Gasteiger partial charge in [0.25, 0.3) is 0 Å². The first-order valence-corrected chi connectivity index (χ1v) is 11.3. The Kier molecular flexibility index (Phi) is 5.55. The van der Waals surface area contributed by atoms with E-state index in [0.717, 1.165) is 22.4 Å². The number of phenols is 1. The Labute approximate surface area is 186 Å². The number of hydrogen-bond donors (Lipinski definition) is 1. The molecule has 3 nitrogen and oxygen atoms in total. The van der Waals surface area contributed by atoms with E-state index in [-0.39, 0.29) is 5.41 Å². The van der Waals surface area contributed by atoms with Gasteiger partial charge in [0.15, 0.2) is 0 Å². The molecule has 3 heteroatoms. The van der Waals surface area contributed by atoms with Crippen LogP contribution < -0.4 is 4.90 Å². The summed E-state index contributed by atoms with van der Waals surface area (Å²) in [5.41, 5.74) is 4.91. The lowest BCUT2D eigenvalue weighted by atomic mass is 9.84. The van der Waals surface area contributed by atoms with E-state index >= 15 is 0 Å². The van der Waals surface area contributed by atoms with Crippen molar-refractivity contribution in [2.75, 3.05) is 4.90 Å². The summed E-state index contributed by atoms with van der Waals surface area (Å²) in [6.07, 6.45) is 4.26. The molecule has 162 valence electrons. The summed E-state index contributed by atoms with van der Waals surface area (Å²) in [4.78, 5) is 7.45. The molecule has 1 heterocycles. The molecule has 0 saturated carbocycles. The number of aliphatic imine (C=N–C) groups is 1. The second-order valence-electron chi connectivity index (χ2n) is 10.1. The topological polar surface area (TPSA) is 35.8 Å². The van der Waals surface area contributed by atoms with Crippen LogP contribution in [0, 0.1) is 6.92 Å². The molecule has 1 aliphatic heterocycles. The maximum Gasteiger partial charge on any atom is 0.128 e. The van der Waals surface area contributed by atoms with E-state index in [4.69, 9.17) is 4.99 Å². The van der Waals surface area contributed by atoms with Crippen molar-refractivity contribution in [1.82, 2.24) is 0 Å².